The molecule has 4 heteroatoms. The summed E-state index contributed by atoms with van der Waals surface area (Å²) in [5.74, 6) is 5.99. The van der Waals surface area contributed by atoms with E-state index in [9.17, 15) is 4.79 Å². The Hall–Kier alpha value is -1.55. The molecule has 0 heterocycles. The number of aryl methyl sites for hydroxylation is 1. The van der Waals surface area contributed by atoms with Gasteiger partial charge in [-0.05, 0) is 31.0 Å². The van der Waals surface area contributed by atoms with Gasteiger partial charge >= 0.3 is 0 Å². The molecule has 1 aromatic carbocycles. The Morgan fingerprint density at radius 1 is 1.44 bits per heavy atom. The van der Waals surface area contributed by atoms with E-state index >= 15 is 0 Å². The molecule has 0 radical (unpaired) electrons. The van der Waals surface area contributed by atoms with Crippen LogP contribution in [0.25, 0.3) is 0 Å². The number of ether oxygens (including phenoxy) is 1. The summed E-state index contributed by atoms with van der Waals surface area (Å²) < 4.78 is 5.54. The van der Waals surface area contributed by atoms with Crippen LogP contribution in [0.2, 0.25) is 0 Å². The van der Waals surface area contributed by atoms with Crippen LogP contribution in [0.15, 0.2) is 18.2 Å². The van der Waals surface area contributed by atoms with Crippen LogP contribution in [-0.2, 0) is 4.79 Å². The first-order valence-electron chi connectivity index (χ1n) is 5.22. The first kappa shape index (κ1) is 12.5. The minimum Gasteiger partial charge on any atom is -0.493 e. The molecule has 16 heavy (non-hydrogen) atoms. The molecular weight excluding hydrogens is 204 g/mol. The van der Waals surface area contributed by atoms with Crippen molar-refractivity contribution in [2.75, 3.05) is 13.7 Å². The van der Waals surface area contributed by atoms with E-state index in [-0.39, 0.29) is 5.91 Å². The van der Waals surface area contributed by atoms with Crippen LogP contribution in [0.4, 0.5) is 0 Å². The number of nitrogens with zero attached hydrogens (tertiary/aromatic N) is 1. The van der Waals surface area contributed by atoms with E-state index in [1.165, 1.54) is 12.6 Å². The second-order valence-electron chi connectivity index (χ2n) is 3.80. The maximum absolute atomic E-state index is 11.2. The van der Waals surface area contributed by atoms with Gasteiger partial charge in [-0.15, -0.1) is 0 Å². The molecule has 0 unspecified atom stereocenters. The molecule has 1 amide bonds. The van der Waals surface area contributed by atoms with Crippen LogP contribution >= 0.6 is 0 Å². The van der Waals surface area contributed by atoms with Crippen molar-refractivity contribution in [1.29, 1.82) is 0 Å². The molecule has 4 nitrogen and oxygen atoms in total. The van der Waals surface area contributed by atoms with E-state index in [4.69, 9.17) is 10.6 Å². The molecule has 0 aliphatic carbocycles. The Morgan fingerprint density at radius 2 is 2.12 bits per heavy atom. The molecule has 0 saturated carbocycles. The normalized spacial score (nSPS) is 10.0. The van der Waals surface area contributed by atoms with Crippen molar-refractivity contribution >= 4 is 5.91 Å². The number of hydrogen-bond acceptors (Lipinski definition) is 3. The molecule has 0 saturated heterocycles. The molecule has 0 aromatic heterocycles. The number of carbonyl (C=O) groups excluding carboxylic acids is 1. The average Bonchev–Trinajstić information content (AvgIpc) is 2.24. The summed E-state index contributed by atoms with van der Waals surface area (Å²) in [5.41, 5.74) is 2.29. The fourth-order valence-electron chi connectivity index (χ4n) is 1.31. The minimum atomic E-state index is -0.134. The first-order valence-corrected chi connectivity index (χ1v) is 5.22. The predicted molar refractivity (Wildman–Crippen MR) is 63.0 cm³/mol. The van der Waals surface area contributed by atoms with Gasteiger partial charge in [-0.2, -0.15) is 0 Å². The minimum absolute atomic E-state index is 0.134. The third kappa shape index (κ3) is 3.24. The van der Waals surface area contributed by atoms with Gasteiger partial charge in [0.25, 0.3) is 0 Å². The molecule has 2 N–H and O–H groups in total. The van der Waals surface area contributed by atoms with E-state index < -0.39 is 0 Å². The Balaban J connectivity index is 2.49. The number of benzene rings is 1. The van der Waals surface area contributed by atoms with Gasteiger partial charge in [0.05, 0.1) is 13.0 Å². The molecule has 0 bridgehead atoms. The zero-order valence-electron chi connectivity index (χ0n) is 9.99. The highest BCUT2D eigenvalue weighted by atomic mass is 16.5. The Labute approximate surface area is 96.0 Å². The number of hydrogen-bond donors (Lipinski definition) is 1. The summed E-state index contributed by atoms with van der Waals surface area (Å²) in [7, 11) is 1.53. The van der Waals surface area contributed by atoms with E-state index in [1.54, 1.807) is 0 Å². The van der Waals surface area contributed by atoms with Gasteiger partial charge < -0.3 is 4.74 Å². The monoisotopic (exact) mass is 222 g/mol. The van der Waals surface area contributed by atoms with Gasteiger partial charge in [0.1, 0.15) is 5.75 Å². The highest BCUT2D eigenvalue weighted by Crippen LogP contribution is 2.20. The summed E-state index contributed by atoms with van der Waals surface area (Å²) in [4.78, 5) is 11.2. The molecule has 0 spiro atoms. The van der Waals surface area contributed by atoms with Crippen LogP contribution in [-0.4, -0.2) is 24.6 Å². The lowest BCUT2D eigenvalue weighted by molar-refractivity contribution is -0.130. The lowest BCUT2D eigenvalue weighted by Crippen LogP contribution is -2.33. The third-order valence-electron chi connectivity index (χ3n) is 2.52. The number of rotatable bonds is 4. The van der Waals surface area contributed by atoms with Crippen LogP contribution in [0.5, 0.6) is 5.75 Å². The summed E-state index contributed by atoms with van der Waals surface area (Å²) in [6.45, 7) is 4.38. The Bertz CT molecular complexity index is 375. The Morgan fingerprint density at radius 3 is 2.75 bits per heavy atom. The van der Waals surface area contributed by atoms with Crippen molar-refractivity contribution in [3.63, 3.8) is 0 Å². The van der Waals surface area contributed by atoms with Crippen molar-refractivity contribution in [1.82, 2.24) is 5.01 Å². The molecule has 0 fully saturated rings. The fourth-order valence-corrected chi connectivity index (χ4v) is 1.31. The first-order chi connectivity index (χ1) is 7.52. The molecule has 0 atom stereocenters. The second-order valence-corrected chi connectivity index (χ2v) is 3.80. The van der Waals surface area contributed by atoms with E-state index in [0.29, 0.717) is 13.0 Å². The van der Waals surface area contributed by atoms with Crippen LogP contribution in [0, 0.1) is 13.8 Å². The van der Waals surface area contributed by atoms with Gasteiger partial charge in [0.2, 0.25) is 5.91 Å². The molecule has 1 rings (SSSR count). The highest BCUT2D eigenvalue weighted by molar-refractivity contribution is 5.75. The fraction of sp³-hybridized carbons (Fsp3) is 0.417. The van der Waals surface area contributed by atoms with Crippen LogP contribution in [0.3, 0.4) is 0 Å². The maximum atomic E-state index is 11.2. The largest absolute Gasteiger partial charge is 0.493 e. The van der Waals surface area contributed by atoms with Crippen molar-refractivity contribution in [3.05, 3.63) is 29.3 Å². The van der Waals surface area contributed by atoms with Gasteiger partial charge in [-0.1, -0.05) is 12.1 Å². The van der Waals surface area contributed by atoms with Crippen molar-refractivity contribution in [3.8, 4) is 5.75 Å². The topological polar surface area (TPSA) is 55.6 Å². The number of amides is 1. The van der Waals surface area contributed by atoms with E-state index in [1.807, 2.05) is 32.0 Å². The molecular formula is C12H18N2O2. The zero-order chi connectivity index (χ0) is 12.1. The summed E-state index contributed by atoms with van der Waals surface area (Å²) in [5, 5.41) is 1.08. The lowest BCUT2D eigenvalue weighted by Gasteiger charge is -2.12. The van der Waals surface area contributed by atoms with Gasteiger partial charge in [0, 0.05) is 7.05 Å². The molecule has 0 aliphatic rings. The lowest BCUT2D eigenvalue weighted by atomic mass is 10.1. The average molecular weight is 222 g/mol. The van der Waals surface area contributed by atoms with E-state index in [0.717, 1.165) is 16.3 Å². The van der Waals surface area contributed by atoms with Crippen LogP contribution < -0.4 is 10.6 Å². The maximum Gasteiger partial charge on any atom is 0.239 e. The standard InChI is InChI=1S/C12H18N2O2/c1-9-5-4-6-11(10(9)2)16-8-7-12(15)14(3)13/h4-6H,7-8,13H2,1-3H3. The molecule has 88 valence electrons. The second kappa shape index (κ2) is 5.51. The van der Waals surface area contributed by atoms with Gasteiger partial charge in [-0.25, -0.2) is 5.84 Å². The number of hydrazine groups is 1. The Kier molecular flexibility index (Phi) is 4.31. The quantitative estimate of drug-likeness (QED) is 0.476. The highest BCUT2D eigenvalue weighted by Gasteiger charge is 2.06. The summed E-state index contributed by atoms with van der Waals surface area (Å²) >= 11 is 0. The van der Waals surface area contributed by atoms with Crippen molar-refractivity contribution in [2.45, 2.75) is 20.3 Å². The zero-order valence-corrected chi connectivity index (χ0v) is 9.99. The van der Waals surface area contributed by atoms with Gasteiger partial charge in [0.15, 0.2) is 0 Å². The summed E-state index contributed by atoms with van der Waals surface area (Å²) in [6.07, 6.45) is 0.292. The third-order valence-corrected chi connectivity index (χ3v) is 2.52. The molecule has 1 aromatic rings. The van der Waals surface area contributed by atoms with Gasteiger partial charge in [-0.3, -0.25) is 9.80 Å². The van der Waals surface area contributed by atoms with E-state index in [2.05, 4.69) is 0 Å². The number of carbonyl (C=O) groups is 1. The smallest absolute Gasteiger partial charge is 0.239 e. The molecule has 0 aliphatic heterocycles. The number of nitrogens with two attached hydrogens (primary N) is 1. The van der Waals surface area contributed by atoms with Crippen LogP contribution in [0.1, 0.15) is 17.5 Å². The predicted octanol–water partition coefficient (Wildman–Crippen LogP) is 1.40. The SMILES string of the molecule is Cc1cccc(OCCC(=O)N(C)N)c1C. The van der Waals surface area contributed by atoms with Crippen molar-refractivity contribution < 1.29 is 9.53 Å². The summed E-state index contributed by atoms with van der Waals surface area (Å²) in [6, 6.07) is 5.87. The van der Waals surface area contributed by atoms with Crippen molar-refractivity contribution in [2.24, 2.45) is 5.84 Å².